The van der Waals surface area contributed by atoms with Crippen LogP contribution in [0, 0.1) is 5.92 Å². The molecule has 108 valence electrons. The normalized spacial score (nSPS) is 25.2. The van der Waals surface area contributed by atoms with E-state index in [0.29, 0.717) is 18.3 Å². The first-order valence-corrected chi connectivity index (χ1v) is 7.43. The quantitative estimate of drug-likeness (QED) is 0.866. The maximum atomic E-state index is 12.4. The van der Waals surface area contributed by atoms with Crippen molar-refractivity contribution in [2.75, 3.05) is 13.1 Å². The van der Waals surface area contributed by atoms with Gasteiger partial charge in [0.15, 0.2) is 5.82 Å². The number of benzene rings is 1. The summed E-state index contributed by atoms with van der Waals surface area (Å²) < 4.78 is 4.90. The van der Waals surface area contributed by atoms with Gasteiger partial charge in [-0.2, -0.15) is 4.98 Å². The van der Waals surface area contributed by atoms with Crippen LogP contribution >= 0.6 is 0 Å². The van der Waals surface area contributed by atoms with E-state index in [-0.39, 0.29) is 17.8 Å². The number of amides is 1. The third-order valence-corrected chi connectivity index (χ3v) is 4.50. The van der Waals surface area contributed by atoms with E-state index < -0.39 is 0 Å². The topological polar surface area (TPSA) is 59.2 Å². The zero-order valence-electron chi connectivity index (χ0n) is 11.7. The molecule has 0 N–H and O–H groups in total. The van der Waals surface area contributed by atoms with Gasteiger partial charge in [-0.1, -0.05) is 35.5 Å². The fraction of sp³-hybridized carbons (Fsp3) is 0.438. The number of aromatic nitrogens is 2. The van der Waals surface area contributed by atoms with Crippen molar-refractivity contribution in [2.24, 2.45) is 5.92 Å². The average molecular weight is 283 g/mol. The Bertz CT molecular complexity index is 622. The Morgan fingerprint density at radius 2 is 1.90 bits per heavy atom. The predicted octanol–water partition coefficient (Wildman–Crippen LogP) is 2.19. The summed E-state index contributed by atoms with van der Waals surface area (Å²) in [5.41, 5.74) is 1.23. The summed E-state index contributed by atoms with van der Waals surface area (Å²) >= 11 is 0. The highest BCUT2D eigenvalue weighted by Crippen LogP contribution is 2.41. The van der Waals surface area contributed by atoms with Gasteiger partial charge in [0, 0.05) is 30.8 Å². The Labute approximate surface area is 123 Å². The van der Waals surface area contributed by atoms with E-state index in [1.54, 1.807) is 0 Å². The van der Waals surface area contributed by atoms with Gasteiger partial charge in [-0.3, -0.25) is 4.79 Å². The maximum Gasteiger partial charge on any atom is 0.225 e. The number of hydrogen-bond donors (Lipinski definition) is 0. The highest BCUT2D eigenvalue weighted by Gasteiger charge is 2.43. The number of carbonyl (C=O) groups excluding carboxylic acids is 1. The van der Waals surface area contributed by atoms with Gasteiger partial charge in [-0.25, -0.2) is 0 Å². The standard InChI is InChI=1S/C16H17N3O2/c20-16(12-6-7-12)19-8-13(11-4-2-1-3-5-11)14(9-19)15-17-10-21-18-15/h1-5,10,12-14H,6-9H2/t13-,14-/m1/s1. The molecule has 0 spiro atoms. The van der Waals surface area contributed by atoms with Crippen LogP contribution in [-0.2, 0) is 4.79 Å². The molecule has 1 aromatic carbocycles. The van der Waals surface area contributed by atoms with Crippen LogP contribution in [0.4, 0.5) is 0 Å². The van der Waals surface area contributed by atoms with E-state index in [2.05, 4.69) is 22.3 Å². The van der Waals surface area contributed by atoms with Crippen LogP contribution in [0.3, 0.4) is 0 Å². The van der Waals surface area contributed by atoms with Crippen molar-refractivity contribution in [1.29, 1.82) is 0 Å². The van der Waals surface area contributed by atoms with Crippen LogP contribution in [-0.4, -0.2) is 34.0 Å². The van der Waals surface area contributed by atoms with Crippen molar-refractivity contribution in [3.63, 3.8) is 0 Å². The van der Waals surface area contributed by atoms with Gasteiger partial charge in [0.1, 0.15) is 0 Å². The summed E-state index contributed by atoms with van der Waals surface area (Å²) in [5, 5.41) is 4.00. The molecule has 5 nitrogen and oxygen atoms in total. The molecule has 2 aliphatic rings. The first kappa shape index (κ1) is 12.6. The monoisotopic (exact) mass is 283 g/mol. The van der Waals surface area contributed by atoms with Gasteiger partial charge in [0.25, 0.3) is 0 Å². The molecular weight excluding hydrogens is 266 g/mol. The van der Waals surface area contributed by atoms with Crippen LogP contribution in [0.5, 0.6) is 0 Å². The zero-order valence-corrected chi connectivity index (χ0v) is 11.7. The van der Waals surface area contributed by atoms with Crippen LogP contribution in [0.25, 0.3) is 0 Å². The number of rotatable bonds is 3. The Morgan fingerprint density at radius 3 is 2.57 bits per heavy atom. The Balaban J connectivity index is 1.63. The summed E-state index contributed by atoms with van der Waals surface area (Å²) in [7, 11) is 0. The van der Waals surface area contributed by atoms with E-state index in [9.17, 15) is 4.79 Å². The van der Waals surface area contributed by atoms with Crippen molar-refractivity contribution in [3.05, 3.63) is 48.1 Å². The van der Waals surface area contributed by atoms with Crippen molar-refractivity contribution in [2.45, 2.75) is 24.7 Å². The molecule has 0 unspecified atom stereocenters. The second kappa shape index (κ2) is 4.98. The molecule has 2 atom stereocenters. The van der Waals surface area contributed by atoms with E-state index in [1.807, 2.05) is 23.1 Å². The molecule has 1 saturated heterocycles. The number of likely N-dealkylation sites (tertiary alicyclic amines) is 1. The third kappa shape index (κ3) is 2.33. The second-order valence-electron chi connectivity index (χ2n) is 5.93. The Morgan fingerprint density at radius 1 is 1.14 bits per heavy atom. The van der Waals surface area contributed by atoms with Crippen LogP contribution in [0.2, 0.25) is 0 Å². The Hall–Kier alpha value is -2.17. The van der Waals surface area contributed by atoms with Crippen LogP contribution in [0.1, 0.15) is 36.1 Å². The van der Waals surface area contributed by atoms with Crippen molar-refractivity contribution in [1.82, 2.24) is 15.0 Å². The van der Waals surface area contributed by atoms with E-state index in [1.165, 1.54) is 12.0 Å². The second-order valence-corrected chi connectivity index (χ2v) is 5.93. The Kier molecular flexibility index (Phi) is 2.98. The number of hydrogen-bond acceptors (Lipinski definition) is 4. The molecule has 2 aromatic rings. The summed E-state index contributed by atoms with van der Waals surface area (Å²) in [6, 6.07) is 10.3. The SMILES string of the molecule is O=C(C1CC1)N1C[C@H](c2ccccc2)[C@H](c2ncon2)C1. The fourth-order valence-electron chi connectivity index (χ4n) is 3.21. The molecule has 1 amide bonds. The van der Waals surface area contributed by atoms with Gasteiger partial charge >= 0.3 is 0 Å². The van der Waals surface area contributed by atoms with Gasteiger partial charge in [0.2, 0.25) is 12.3 Å². The minimum atomic E-state index is 0.119. The van der Waals surface area contributed by atoms with Crippen molar-refractivity contribution in [3.8, 4) is 0 Å². The minimum absolute atomic E-state index is 0.119. The highest BCUT2D eigenvalue weighted by molar-refractivity contribution is 5.81. The van der Waals surface area contributed by atoms with Crippen LogP contribution in [0.15, 0.2) is 41.2 Å². The molecule has 5 heteroatoms. The molecule has 0 radical (unpaired) electrons. The van der Waals surface area contributed by atoms with Gasteiger partial charge in [-0.15, -0.1) is 0 Å². The zero-order chi connectivity index (χ0) is 14.2. The first-order valence-electron chi connectivity index (χ1n) is 7.43. The molecule has 1 saturated carbocycles. The van der Waals surface area contributed by atoms with Gasteiger partial charge in [-0.05, 0) is 18.4 Å². The van der Waals surface area contributed by atoms with Gasteiger partial charge in [0.05, 0.1) is 0 Å². The summed E-state index contributed by atoms with van der Waals surface area (Å²) in [5.74, 6) is 1.61. The maximum absolute atomic E-state index is 12.4. The van der Waals surface area contributed by atoms with Crippen molar-refractivity contribution < 1.29 is 9.32 Å². The fourth-order valence-corrected chi connectivity index (χ4v) is 3.21. The molecule has 1 aliphatic heterocycles. The predicted molar refractivity (Wildman–Crippen MR) is 75.5 cm³/mol. The molecule has 21 heavy (non-hydrogen) atoms. The molecule has 1 aliphatic carbocycles. The first-order chi connectivity index (χ1) is 10.3. The molecule has 1 aromatic heterocycles. The molecular formula is C16H17N3O2. The molecule has 0 bridgehead atoms. The van der Waals surface area contributed by atoms with E-state index in [0.717, 1.165) is 19.4 Å². The number of carbonyl (C=O) groups is 1. The lowest BCUT2D eigenvalue weighted by Crippen LogP contribution is -2.30. The van der Waals surface area contributed by atoms with Gasteiger partial charge < -0.3 is 9.42 Å². The molecule has 2 heterocycles. The highest BCUT2D eigenvalue weighted by atomic mass is 16.5. The van der Waals surface area contributed by atoms with Crippen LogP contribution < -0.4 is 0 Å². The lowest BCUT2D eigenvalue weighted by molar-refractivity contribution is -0.131. The third-order valence-electron chi connectivity index (χ3n) is 4.50. The molecule has 4 rings (SSSR count). The lowest BCUT2D eigenvalue weighted by atomic mass is 9.88. The largest absolute Gasteiger partial charge is 0.343 e. The van der Waals surface area contributed by atoms with E-state index >= 15 is 0 Å². The lowest BCUT2D eigenvalue weighted by Gasteiger charge is -2.16. The molecule has 2 fully saturated rings. The smallest absolute Gasteiger partial charge is 0.225 e. The average Bonchev–Trinajstić information content (AvgIpc) is 3.06. The summed E-state index contributed by atoms with van der Waals surface area (Å²) in [6.07, 6.45) is 3.44. The number of nitrogens with zero attached hydrogens (tertiary/aromatic N) is 3. The minimum Gasteiger partial charge on any atom is -0.343 e. The van der Waals surface area contributed by atoms with E-state index in [4.69, 9.17) is 4.52 Å². The summed E-state index contributed by atoms with van der Waals surface area (Å²) in [4.78, 5) is 18.6. The summed E-state index contributed by atoms with van der Waals surface area (Å²) in [6.45, 7) is 1.44. The van der Waals surface area contributed by atoms with Crippen molar-refractivity contribution >= 4 is 5.91 Å².